The standard InChI is InChI=1S/C14H20ClN3O4S/c1-10-13(15)6-12(7-14(10)18(19)20)23(21,22)17-5-3-4-11(9-17)8-16-2/h6-7,11,16H,3-5,8-9H2,1-2H3. The van der Waals surface area contributed by atoms with Gasteiger partial charge in [0.25, 0.3) is 5.69 Å². The number of nitro groups is 1. The summed E-state index contributed by atoms with van der Waals surface area (Å²) in [6, 6.07) is 2.39. The summed E-state index contributed by atoms with van der Waals surface area (Å²) in [5.41, 5.74) is -0.0119. The molecule has 7 nitrogen and oxygen atoms in total. The Labute approximate surface area is 140 Å². The molecule has 1 N–H and O–H groups in total. The molecule has 0 radical (unpaired) electrons. The number of halogens is 1. The molecule has 0 saturated carbocycles. The van der Waals surface area contributed by atoms with Crippen LogP contribution in [-0.2, 0) is 10.0 Å². The van der Waals surface area contributed by atoms with Crippen molar-refractivity contribution >= 4 is 27.3 Å². The summed E-state index contributed by atoms with van der Waals surface area (Å²) in [5.74, 6) is 0.236. The van der Waals surface area contributed by atoms with Gasteiger partial charge in [-0.15, -0.1) is 0 Å². The largest absolute Gasteiger partial charge is 0.319 e. The molecule has 1 aromatic rings. The van der Waals surface area contributed by atoms with E-state index in [-0.39, 0.29) is 27.1 Å². The van der Waals surface area contributed by atoms with Gasteiger partial charge in [0.05, 0.1) is 14.8 Å². The van der Waals surface area contributed by atoms with E-state index in [1.165, 1.54) is 17.3 Å². The lowest BCUT2D eigenvalue weighted by Gasteiger charge is -2.31. The lowest BCUT2D eigenvalue weighted by molar-refractivity contribution is -0.385. The van der Waals surface area contributed by atoms with E-state index in [4.69, 9.17) is 11.6 Å². The van der Waals surface area contributed by atoms with Crippen LogP contribution < -0.4 is 5.32 Å². The molecular formula is C14H20ClN3O4S. The fraction of sp³-hybridized carbons (Fsp3) is 0.571. The maximum absolute atomic E-state index is 12.8. The zero-order valence-electron chi connectivity index (χ0n) is 13.1. The molecular weight excluding hydrogens is 342 g/mol. The fourth-order valence-corrected chi connectivity index (χ4v) is 4.71. The molecule has 0 amide bonds. The van der Waals surface area contributed by atoms with Gasteiger partial charge in [0.1, 0.15) is 0 Å². The second-order valence-electron chi connectivity index (χ2n) is 5.74. The first kappa shape index (κ1) is 18.1. The lowest BCUT2D eigenvalue weighted by Crippen LogP contribution is -2.42. The van der Waals surface area contributed by atoms with Crippen LogP contribution in [0.1, 0.15) is 18.4 Å². The highest BCUT2D eigenvalue weighted by molar-refractivity contribution is 7.89. The van der Waals surface area contributed by atoms with Gasteiger partial charge >= 0.3 is 0 Å². The highest BCUT2D eigenvalue weighted by atomic mass is 35.5. The molecule has 1 saturated heterocycles. The monoisotopic (exact) mass is 361 g/mol. The van der Waals surface area contributed by atoms with Crippen LogP contribution in [0.4, 0.5) is 5.69 Å². The quantitative estimate of drug-likeness (QED) is 0.641. The Bertz CT molecular complexity index is 706. The molecule has 1 heterocycles. The summed E-state index contributed by atoms with van der Waals surface area (Å²) in [4.78, 5) is 10.4. The van der Waals surface area contributed by atoms with Crippen LogP contribution in [0.2, 0.25) is 5.02 Å². The third-order valence-electron chi connectivity index (χ3n) is 4.10. The Morgan fingerprint density at radius 1 is 1.48 bits per heavy atom. The first-order valence-corrected chi connectivity index (χ1v) is 9.18. The van der Waals surface area contributed by atoms with Gasteiger partial charge in [0.2, 0.25) is 10.0 Å². The molecule has 1 aliphatic rings. The van der Waals surface area contributed by atoms with Crippen molar-refractivity contribution in [3.8, 4) is 0 Å². The van der Waals surface area contributed by atoms with Crippen LogP contribution in [0.3, 0.4) is 0 Å². The van der Waals surface area contributed by atoms with Crippen molar-refractivity contribution < 1.29 is 13.3 Å². The third-order valence-corrected chi connectivity index (χ3v) is 6.33. The Hall–Kier alpha value is -1.22. The number of nitrogens with zero attached hydrogens (tertiary/aromatic N) is 2. The molecule has 0 aliphatic carbocycles. The van der Waals surface area contributed by atoms with Crippen LogP contribution in [0, 0.1) is 23.0 Å². The van der Waals surface area contributed by atoms with Crippen molar-refractivity contribution in [2.45, 2.75) is 24.7 Å². The minimum atomic E-state index is -3.79. The maximum Gasteiger partial charge on any atom is 0.275 e. The highest BCUT2D eigenvalue weighted by Gasteiger charge is 2.32. The summed E-state index contributed by atoms with van der Waals surface area (Å²) in [5, 5.41) is 14.2. The Morgan fingerprint density at radius 3 is 2.78 bits per heavy atom. The van der Waals surface area contributed by atoms with Gasteiger partial charge in [-0.3, -0.25) is 10.1 Å². The Balaban J connectivity index is 2.38. The number of nitro benzene ring substituents is 1. The van der Waals surface area contributed by atoms with Gasteiger partial charge in [-0.2, -0.15) is 4.31 Å². The molecule has 0 spiro atoms. The SMILES string of the molecule is CNCC1CCCN(S(=O)(=O)c2cc(Cl)c(C)c([N+](=O)[O-])c2)C1. The number of piperidine rings is 1. The average Bonchev–Trinajstić information content (AvgIpc) is 2.50. The maximum atomic E-state index is 12.8. The van der Waals surface area contributed by atoms with E-state index in [0.29, 0.717) is 13.1 Å². The molecule has 23 heavy (non-hydrogen) atoms. The topological polar surface area (TPSA) is 92.6 Å². The van der Waals surface area contributed by atoms with Crippen molar-refractivity contribution in [2.24, 2.45) is 5.92 Å². The van der Waals surface area contributed by atoms with Gasteiger partial charge in [-0.25, -0.2) is 8.42 Å². The molecule has 1 aromatic carbocycles. The van der Waals surface area contributed by atoms with Crippen molar-refractivity contribution in [3.05, 3.63) is 32.8 Å². The normalized spacial score (nSPS) is 19.7. The van der Waals surface area contributed by atoms with Gasteiger partial charge in [-0.05, 0) is 45.3 Å². The number of rotatable bonds is 5. The number of hydrogen-bond acceptors (Lipinski definition) is 5. The van der Waals surface area contributed by atoms with E-state index >= 15 is 0 Å². The fourth-order valence-electron chi connectivity index (χ4n) is 2.83. The van der Waals surface area contributed by atoms with Crippen molar-refractivity contribution in [3.63, 3.8) is 0 Å². The first-order chi connectivity index (χ1) is 10.8. The lowest BCUT2D eigenvalue weighted by atomic mass is 10.00. The molecule has 1 fully saturated rings. The number of nitrogens with one attached hydrogen (secondary N) is 1. The molecule has 128 valence electrons. The zero-order valence-corrected chi connectivity index (χ0v) is 14.7. The molecule has 1 unspecified atom stereocenters. The molecule has 0 aromatic heterocycles. The zero-order chi connectivity index (χ0) is 17.2. The van der Waals surface area contributed by atoms with Crippen LogP contribution in [-0.4, -0.2) is 44.3 Å². The van der Waals surface area contributed by atoms with Crippen LogP contribution in [0.5, 0.6) is 0 Å². The summed E-state index contributed by atoms with van der Waals surface area (Å²) in [7, 11) is -1.96. The van der Waals surface area contributed by atoms with Crippen molar-refractivity contribution in [1.29, 1.82) is 0 Å². The number of sulfonamides is 1. The molecule has 1 aliphatic heterocycles. The predicted molar refractivity (Wildman–Crippen MR) is 88.3 cm³/mol. The Morgan fingerprint density at radius 2 is 2.17 bits per heavy atom. The number of benzene rings is 1. The molecule has 1 atom stereocenters. The third kappa shape index (κ3) is 3.82. The average molecular weight is 362 g/mol. The second-order valence-corrected chi connectivity index (χ2v) is 8.08. The van der Waals surface area contributed by atoms with E-state index in [9.17, 15) is 18.5 Å². The minimum absolute atomic E-state index is 0.0848. The van der Waals surface area contributed by atoms with E-state index in [2.05, 4.69) is 5.32 Å². The van der Waals surface area contributed by atoms with Gasteiger partial charge in [0, 0.05) is 24.7 Å². The summed E-state index contributed by atoms with van der Waals surface area (Å²) in [6.07, 6.45) is 1.73. The molecule has 0 bridgehead atoms. The van der Waals surface area contributed by atoms with Gasteiger partial charge in [0.15, 0.2) is 0 Å². The highest BCUT2D eigenvalue weighted by Crippen LogP contribution is 2.32. The Kier molecular flexibility index (Phi) is 5.61. The number of hydrogen-bond donors (Lipinski definition) is 1. The summed E-state index contributed by atoms with van der Waals surface area (Å²) >= 11 is 5.99. The van der Waals surface area contributed by atoms with Crippen LogP contribution in [0.25, 0.3) is 0 Å². The minimum Gasteiger partial charge on any atom is -0.319 e. The summed E-state index contributed by atoms with van der Waals surface area (Å²) in [6.45, 7) is 3.06. The van der Waals surface area contributed by atoms with Crippen LogP contribution >= 0.6 is 11.6 Å². The first-order valence-electron chi connectivity index (χ1n) is 7.36. The second kappa shape index (κ2) is 7.12. The predicted octanol–water partition coefficient (Wildman–Crippen LogP) is 2.18. The van der Waals surface area contributed by atoms with Crippen molar-refractivity contribution in [2.75, 3.05) is 26.7 Å². The van der Waals surface area contributed by atoms with E-state index in [0.717, 1.165) is 25.5 Å². The molecule has 9 heteroatoms. The van der Waals surface area contributed by atoms with E-state index in [1.54, 1.807) is 0 Å². The van der Waals surface area contributed by atoms with E-state index < -0.39 is 14.9 Å². The van der Waals surface area contributed by atoms with Crippen molar-refractivity contribution in [1.82, 2.24) is 9.62 Å². The van der Waals surface area contributed by atoms with Crippen LogP contribution in [0.15, 0.2) is 17.0 Å². The van der Waals surface area contributed by atoms with E-state index in [1.807, 2.05) is 7.05 Å². The smallest absolute Gasteiger partial charge is 0.275 e. The summed E-state index contributed by atoms with van der Waals surface area (Å²) < 4.78 is 27.0. The van der Waals surface area contributed by atoms with Gasteiger partial charge in [-0.1, -0.05) is 11.6 Å². The van der Waals surface area contributed by atoms with Gasteiger partial charge < -0.3 is 5.32 Å². The molecule has 2 rings (SSSR count).